The van der Waals surface area contributed by atoms with Gasteiger partial charge in [0.05, 0.1) is 6.54 Å². The predicted molar refractivity (Wildman–Crippen MR) is 104 cm³/mol. The molecule has 3 rings (SSSR count). The Morgan fingerprint density at radius 2 is 2.00 bits per heavy atom. The van der Waals surface area contributed by atoms with Gasteiger partial charge in [0.2, 0.25) is 5.91 Å². The minimum atomic E-state index is -0.731. The van der Waals surface area contributed by atoms with Crippen molar-refractivity contribution < 1.29 is 9.59 Å². The van der Waals surface area contributed by atoms with Crippen LogP contribution in [0.15, 0.2) is 42.7 Å². The van der Waals surface area contributed by atoms with E-state index in [9.17, 15) is 9.59 Å². The van der Waals surface area contributed by atoms with Gasteiger partial charge in [0, 0.05) is 25.1 Å². The van der Waals surface area contributed by atoms with Crippen LogP contribution in [0.25, 0.3) is 0 Å². The maximum Gasteiger partial charge on any atom is 0.250 e. The summed E-state index contributed by atoms with van der Waals surface area (Å²) in [6, 6.07) is 9.55. The predicted octanol–water partition coefficient (Wildman–Crippen LogP) is 1.62. The minimum absolute atomic E-state index is 0.00727. The van der Waals surface area contributed by atoms with Gasteiger partial charge in [0.25, 0.3) is 5.91 Å². The van der Waals surface area contributed by atoms with Crippen molar-refractivity contribution in [1.29, 1.82) is 0 Å². The van der Waals surface area contributed by atoms with Gasteiger partial charge in [-0.05, 0) is 50.0 Å². The largest absolute Gasteiger partial charge is 0.334 e. The van der Waals surface area contributed by atoms with Crippen molar-refractivity contribution in [3.63, 3.8) is 0 Å². The zero-order chi connectivity index (χ0) is 19.3. The molecule has 0 radical (unpaired) electrons. The molecular weight excluding hydrogens is 342 g/mol. The Balaban J connectivity index is 1.71. The van der Waals surface area contributed by atoms with Crippen molar-refractivity contribution in [2.24, 2.45) is 0 Å². The van der Waals surface area contributed by atoms with Crippen molar-refractivity contribution in [2.75, 3.05) is 32.0 Å². The molecule has 0 spiro atoms. The van der Waals surface area contributed by atoms with E-state index in [4.69, 9.17) is 0 Å². The summed E-state index contributed by atoms with van der Waals surface area (Å²) in [7, 11) is 1.68. The van der Waals surface area contributed by atoms with Crippen molar-refractivity contribution in [1.82, 2.24) is 20.0 Å². The summed E-state index contributed by atoms with van der Waals surface area (Å²) in [5, 5.41) is 10.5. The van der Waals surface area contributed by atoms with Gasteiger partial charge in [-0.2, -0.15) is 5.10 Å². The number of nitrogens with zero attached hydrogens (tertiary/aromatic N) is 3. The number of hydrogen-bond donors (Lipinski definition) is 2. The number of likely N-dealkylation sites (N-methyl/N-ethyl adjacent to an activating group) is 1. The van der Waals surface area contributed by atoms with Crippen LogP contribution in [0.3, 0.4) is 0 Å². The van der Waals surface area contributed by atoms with E-state index in [1.54, 1.807) is 17.9 Å². The molecule has 0 bridgehead atoms. The molecule has 7 nitrogen and oxygen atoms in total. The van der Waals surface area contributed by atoms with Crippen molar-refractivity contribution >= 4 is 17.5 Å². The summed E-state index contributed by atoms with van der Waals surface area (Å²) in [6.45, 7) is 3.55. The lowest BCUT2D eigenvalue weighted by Gasteiger charge is -2.39. The van der Waals surface area contributed by atoms with Crippen LogP contribution in [0.1, 0.15) is 25.3 Å². The maximum atomic E-state index is 13.3. The number of rotatable bonds is 6. The van der Waals surface area contributed by atoms with Crippen molar-refractivity contribution in [3.8, 4) is 0 Å². The molecule has 1 aliphatic rings. The minimum Gasteiger partial charge on any atom is -0.334 e. The van der Waals surface area contributed by atoms with Gasteiger partial charge in [0.1, 0.15) is 5.54 Å². The molecule has 1 saturated heterocycles. The van der Waals surface area contributed by atoms with E-state index in [1.807, 2.05) is 43.5 Å². The highest BCUT2D eigenvalue weighted by Gasteiger charge is 2.43. The highest BCUT2D eigenvalue weighted by Crippen LogP contribution is 2.29. The van der Waals surface area contributed by atoms with Crippen LogP contribution in [0.2, 0.25) is 0 Å². The standard InChI is InChI=1S/C20H27N5O2/c1-3-16-7-4-5-8-17(16)23-18(26)15-24(2)19(27)20(9-12-21-13-10-20)25-14-6-11-22-25/h4-8,11,14,21H,3,9-10,12-13,15H2,1-2H3,(H,23,26). The highest BCUT2D eigenvalue weighted by molar-refractivity contribution is 5.96. The Bertz CT molecular complexity index is 781. The topological polar surface area (TPSA) is 79.3 Å². The fourth-order valence-electron chi connectivity index (χ4n) is 3.69. The van der Waals surface area contributed by atoms with Gasteiger partial charge in [0.15, 0.2) is 0 Å². The van der Waals surface area contributed by atoms with E-state index < -0.39 is 5.54 Å². The molecule has 0 aliphatic carbocycles. The van der Waals surface area contributed by atoms with Crippen molar-refractivity contribution in [2.45, 2.75) is 31.7 Å². The molecule has 0 atom stereocenters. The lowest BCUT2D eigenvalue weighted by atomic mass is 9.87. The van der Waals surface area contributed by atoms with Gasteiger partial charge in [-0.15, -0.1) is 0 Å². The molecule has 0 saturated carbocycles. The van der Waals surface area contributed by atoms with Crippen LogP contribution >= 0.6 is 0 Å². The third-order valence-electron chi connectivity index (χ3n) is 5.17. The summed E-state index contributed by atoms with van der Waals surface area (Å²) >= 11 is 0. The molecule has 1 aliphatic heterocycles. The molecule has 1 fully saturated rings. The van der Waals surface area contributed by atoms with Crippen molar-refractivity contribution in [3.05, 3.63) is 48.3 Å². The molecule has 2 aromatic rings. The van der Waals surface area contributed by atoms with Crippen LogP contribution in [0.4, 0.5) is 5.69 Å². The molecule has 0 unspecified atom stereocenters. The van der Waals surface area contributed by atoms with Crippen LogP contribution in [-0.2, 0) is 21.5 Å². The van der Waals surface area contributed by atoms with Crippen LogP contribution in [0.5, 0.6) is 0 Å². The monoisotopic (exact) mass is 369 g/mol. The first-order chi connectivity index (χ1) is 13.1. The number of anilines is 1. The number of hydrogen-bond acceptors (Lipinski definition) is 4. The molecule has 144 valence electrons. The van der Waals surface area contributed by atoms with Gasteiger partial charge >= 0.3 is 0 Å². The molecular formula is C20H27N5O2. The number of carbonyl (C=O) groups is 2. The lowest BCUT2D eigenvalue weighted by molar-refractivity contribution is -0.143. The number of aromatic nitrogens is 2. The van der Waals surface area contributed by atoms with Gasteiger partial charge in [-0.3, -0.25) is 14.3 Å². The fraction of sp³-hybridized carbons (Fsp3) is 0.450. The maximum absolute atomic E-state index is 13.3. The normalized spacial score (nSPS) is 15.9. The Hall–Kier alpha value is -2.67. The Labute approximate surface area is 159 Å². The Kier molecular flexibility index (Phi) is 5.91. The summed E-state index contributed by atoms with van der Waals surface area (Å²) < 4.78 is 1.75. The summed E-state index contributed by atoms with van der Waals surface area (Å²) in [4.78, 5) is 27.3. The first kappa shape index (κ1) is 19.1. The molecule has 27 heavy (non-hydrogen) atoms. The average Bonchev–Trinajstić information content (AvgIpc) is 3.23. The van der Waals surface area contributed by atoms with E-state index in [2.05, 4.69) is 15.7 Å². The summed E-state index contributed by atoms with van der Waals surface area (Å²) in [6.07, 6.45) is 5.65. The Morgan fingerprint density at radius 3 is 2.67 bits per heavy atom. The second kappa shape index (κ2) is 8.35. The molecule has 1 aromatic carbocycles. The first-order valence-corrected chi connectivity index (χ1v) is 9.41. The lowest BCUT2D eigenvalue weighted by Crippen LogP contribution is -2.55. The van der Waals surface area contributed by atoms with Gasteiger partial charge in [-0.25, -0.2) is 0 Å². The smallest absolute Gasteiger partial charge is 0.250 e. The van der Waals surface area contributed by atoms with E-state index in [0.29, 0.717) is 12.8 Å². The SMILES string of the molecule is CCc1ccccc1NC(=O)CN(C)C(=O)C1(n2cccn2)CCNCC1. The number of carbonyl (C=O) groups excluding carboxylic acids is 2. The van der Waals surface area contributed by atoms with E-state index in [0.717, 1.165) is 30.8 Å². The third-order valence-corrected chi connectivity index (χ3v) is 5.17. The van der Waals surface area contributed by atoms with Gasteiger partial charge < -0.3 is 15.5 Å². The van der Waals surface area contributed by atoms with E-state index in [1.165, 1.54) is 4.90 Å². The summed E-state index contributed by atoms with van der Waals surface area (Å²) in [5.41, 5.74) is 1.14. The highest BCUT2D eigenvalue weighted by atomic mass is 16.2. The number of piperidine rings is 1. The van der Waals surface area contributed by atoms with Crippen LogP contribution in [-0.4, -0.2) is 53.2 Å². The second-order valence-electron chi connectivity index (χ2n) is 6.95. The second-order valence-corrected chi connectivity index (χ2v) is 6.95. The molecule has 2 N–H and O–H groups in total. The number of aryl methyl sites for hydroxylation is 1. The van der Waals surface area contributed by atoms with Gasteiger partial charge in [-0.1, -0.05) is 25.1 Å². The first-order valence-electron chi connectivity index (χ1n) is 9.41. The van der Waals surface area contributed by atoms with E-state index >= 15 is 0 Å². The molecule has 7 heteroatoms. The number of para-hydroxylation sites is 1. The van der Waals surface area contributed by atoms with E-state index in [-0.39, 0.29) is 18.4 Å². The fourth-order valence-corrected chi connectivity index (χ4v) is 3.69. The zero-order valence-electron chi connectivity index (χ0n) is 15.9. The molecule has 1 aromatic heterocycles. The number of amides is 2. The number of nitrogens with one attached hydrogen (secondary N) is 2. The average molecular weight is 369 g/mol. The third kappa shape index (κ3) is 4.03. The van der Waals surface area contributed by atoms with Crippen LogP contribution < -0.4 is 10.6 Å². The molecule has 2 amide bonds. The quantitative estimate of drug-likeness (QED) is 0.811. The zero-order valence-corrected chi connectivity index (χ0v) is 15.9. The summed E-state index contributed by atoms with van der Waals surface area (Å²) in [5.74, 6) is -0.275. The van der Waals surface area contributed by atoms with Crippen LogP contribution in [0, 0.1) is 0 Å². The number of benzene rings is 1. The molecule has 2 heterocycles. The Morgan fingerprint density at radius 1 is 1.26 bits per heavy atom.